The molecule has 0 spiro atoms. The van der Waals surface area contributed by atoms with Gasteiger partial charge in [0.2, 0.25) is 0 Å². The number of nitrogens with zero attached hydrogens (tertiary/aromatic N) is 2. The molecule has 0 amide bonds. The van der Waals surface area contributed by atoms with Crippen molar-refractivity contribution in [2.24, 2.45) is 0 Å². The Morgan fingerprint density at radius 1 is 1.32 bits per heavy atom. The Morgan fingerprint density at radius 2 is 2.05 bits per heavy atom. The van der Waals surface area contributed by atoms with Crippen LogP contribution in [0.5, 0.6) is 0 Å². The lowest BCUT2D eigenvalue weighted by molar-refractivity contribution is 0.198. The normalized spacial score (nSPS) is 18.4. The fraction of sp³-hybridized carbons (Fsp3) is 0.400. The molecule has 1 unspecified atom stereocenters. The molecule has 0 aliphatic carbocycles. The largest absolute Gasteiger partial charge is 0.312 e. The predicted octanol–water partition coefficient (Wildman–Crippen LogP) is 4.10. The lowest BCUT2D eigenvalue weighted by Crippen LogP contribution is -2.48. The van der Waals surface area contributed by atoms with E-state index < -0.39 is 0 Å². The minimum absolute atomic E-state index is 0. The third-order valence-electron chi connectivity index (χ3n) is 3.48. The van der Waals surface area contributed by atoms with E-state index in [9.17, 15) is 0 Å². The van der Waals surface area contributed by atoms with Gasteiger partial charge in [-0.1, -0.05) is 23.7 Å². The molecule has 2 heterocycles. The summed E-state index contributed by atoms with van der Waals surface area (Å²) in [4.78, 5) is 7.20. The molecule has 1 aromatic carbocycles. The lowest BCUT2D eigenvalue weighted by Gasteiger charge is -2.31. The molecule has 1 atom stereocenters. The molecule has 1 aliphatic heterocycles. The van der Waals surface area contributed by atoms with E-state index in [0.717, 1.165) is 47.5 Å². The van der Waals surface area contributed by atoms with Gasteiger partial charge in [-0.3, -0.25) is 4.90 Å². The monoisotopic (exact) mass is 379 g/mol. The maximum Gasteiger partial charge on any atom is 0.123 e. The van der Waals surface area contributed by atoms with Crippen molar-refractivity contribution < 1.29 is 0 Å². The molecule has 1 aromatic heterocycles. The van der Waals surface area contributed by atoms with E-state index in [1.54, 1.807) is 11.3 Å². The van der Waals surface area contributed by atoms with E-state index in [1.807, 2.05) is 24.3 Å². The van der Waals surface area contributed by atoms with E-state index in [1.165, 1.54) is 0 Å². The molecule has 2 aromatic rings. The van der Waals surface area contributed by atoms with Crippen LogP contribution in [0, 0.1) is 0 Å². The minimum atomic E-state index is 0. The van der Waals surface area contributed by atoms with Gasteiger partial charge >= 0.3 is 0 Å². The summed E-state index contributed by atoms with van der Waals surface area (Å²) in [5.41, 5.74) is 2.30. The zero-order valence-electron chi connectivity index (χ0n) is 12.3. The molecule has 0 radical (unpaired) electrons. The standard InChI is InChI=1S/C15H18ClN3S.2ClH/c1-11-8-19(7-6-17-11)9-14-10-20-15(18-14)12-2-4-13(16)5-3-12;;/h2-5,10-11,17H,6-9H2,1H3;2*1H. The van der Waals surface area contributed by atoms with Gasteiger partial charge < -0.3 is 5.32 Å². The smallest absolute Gasteiger partial charge is 0.123 e. The highest BCUT2D eigenvalue weighted by atomic mass is 35.5. The second kappa shape index (κ2) is 9.06. The fourth-order valence-corrected chi connectivity index (χ4v) is 3.43. The predicted molar refractivity (Wildman–Crippen MR) is 99.8 cm³/mol. The topological polar surface area (TPSA) is 28.2 Å². The van der Waals surface area contributed by atoms with Crippen molar-refractivity contribution in [3.63, 3.8) is 0 Å². The van der Waals surface area contributed by atoms with Crippen LogP contribution in [0.4, 0.5) is 0 Å². The number of benzene rings is 1. The average molecular weight is 381 g/mol. The van der Waals surface area contributed by atoms with E-state index in [0.29, 0.717) is 6.04 Å². The maximum atomic E-state index is 5.92. The summed E-state index contributed by atoms with van der Waals surface area (Å²) in [5, 5.41) is 7.46. The van der Waals surface area contributed by atoms with Gasteiger partial charge in [0.25, 0.3) is 0 Å². The van der Waals surface area contributed by atoms with Crippen LogP contribution in [0.25, 0.3) is 10.6 Å². The molecule has 3 nitrogen and oxygen atoms in total. The first-order valence-corrected chi connectivity index (χ1v) is 8.12. The maximum absolute atomic E-state index is 5.92. The Balaban J connectivity index is 0.00000121. The molecule has 0 bridgehead atoms. The number of hydrogen-bond acceptors (Lipinski definition) is 4. The lowest BCUT2D eigenvalue weighted by atomic mass is 10.2. The van der Waals surface area contributed by atoms with Gasteiger partial charge in [0.15, 0.2) is 0 Å². The molecule has 0 saturated carbocycles. The number of aromatic nitrogens is 1. The summed E-state index contributed by atoms with van der Waals surface area (Å²) in [6.45, 7) is 6.42. The van der Waals surface area contributed by atoms with E-state index in [-0.39, 0.29) is 24.8 Å². The van der Waals surface area contributed by atoms with Gasteiger partial charge in [-0.05, 0) is 19.1 Å². The summed E-state index contributed by atoms with van der Waals surface area (Å²) in [5.74, 6) is 0. The number of halogens is 3. The first kappa shape index (κ1) is 19.7. The molecule has 3 rings (SSSR count). The first-order valence-electron chi connectivity index (χ1n) is 6.87. The quantitative estimate of drug-likeness (QED) is 0.869. The number of rotatable bonds is 3. The Hall–Kier alpha value is -0.360. The SMILES string of the molecule is CC1CN(Cc2csc(-c3ccc(Cl)cc3)n2)CCN1.Cl.Cl. The Labute approximate surface area is 152 Å². The second-order valence-corrected chi connectivity index (χ2v) is 6.54. The Morgan fingerprint density at radius 3 is 2.73 bits per heavy atom. The van der Waals surface area contributed by atoms with Crippen LogP contribution < -0.4 is 5.32 Å². The average Bonchev–Trinajstić information content (AvgIpc) is 2.88. The molecule has 22 heavy (non-hydrogen) atoms. The summed E-state index contributed by atoms with van der Waals surface area (Å²) < 4.78 is 0. The highest BCUT2D eigenvalue weighted by Crippen LogP contribution is 2.25. The van der Waals surface area contributed by atoms with Crippen LogP contribution in [0.2, 0.25) is 5.02 Å². The van der Waals surface area contributed by atoms with Gasteiger partial charge in [-0.15, -0.1) is 36.2 Å². The first-order chi connectivity index (χ1) is 9.70. The zero-order chi connectivity index (χ0) is 13.9. The van der Waals surface area contributed by atoms with Crippen LogP contribution in [0.1, 0.15) is 12.6 Å². The van der Waals surface area contributed by atoms with E-state index in [4.69, 9.17) is 16.6 Å². The van der Waals surface area contributed by atoms with Crippen molar-refractivity contribution in [1.29, 1.82) is 0 Å². The van der Waals surface area contributed by atoms with E-state index in [2.05, 4.69) is 22.5 Å². The van der Waals surface area contributed by atoms with Gasteiger partial charge in [-0.25, -0.2) is 4.98 Å². The van der Waals surface area contributed by atoms with Crippen molar-refractivity contribution in [2.75, 3.05) is 19.6 Å². The van der Waals surface area contributed by atoms with Crippen LogP contribution in [-0.4, -0.2) is 35.6 Å². The van der Waals surface area contributed by atoms with Crippen molar-refractivity contribution in [2.45, 2.75) is 19.5 Å². The third-order valence-corrected chi connectivity index (χ3v) is 4.67. The zero-order valence-corrected chi connectivity index (χ0v) is 15.5. The van der Waals surface area contributed by atoms with Crippen LogP contribution in [0.3, 0.4) is 0 Å². The van der Waals surface area contributed by atoms with Crippen molar-refractivity contribution in [3.8, 4) is 10.6 Å². The third kappa shape index (κ3) is 5.08. The van der Waals surface area contributed by atoms with Gasteiger partial charge in [0.1, 0.15) is 5.01 Å². The van der Waals surface area contributed by atoms with Crippen molar-refractivity contribution in [1.82, 2.24) is 15.2 Å². The number of thiazole rings is 1. The molecule has 1 aliphatic rings. The molecular formula is C15H20Cl3N3S. The van der Waals surface area contributed by atoms with Gasteiger partial charge in [0, 0.05) is 48.2 Å². The summed E-state index contributed by atoms with van der Waals surface area (Å²) in [7, 11) is 0. The minimum Gasteiger partial charge on any atom is -0.312 e. The van der Waals surface area contributed by atoms with Crippen LogP contribution in [-0.2, 0) is 6.54 Å². The Bertz CT molecular complexity index is 574. The molecular weight excluding hydrogens is 361 g/mol. The molecule has 7 heteroatoms. The summed E-state index contributed by atoms with van der Waals surface area (Å²) in [6.07, 6.45) is 0. The molecule has 122 valence electrons. The summed E-state index contributed by atoms with van der Waals surface area (Å²) >= 11 is 7.62. The fourth-order valence-electron chi connectivity index (χ4n) is 2.49. The van der Waals surface area contributed by atoms with E-state index >= 15 is 0 Å². The number of nitrogens with one attached hydrogen (secondary N) is 1. The van der Waals surface area contributed by atoms with Gasteiger partial charge in [-0.2, -0.15) is 0 Å². The molecule has 1 fully saturated rings. The Kier molecular flexibility index (Phi) is 8.11. The van der Waals surface area contributed by atoms with Crippen LogP contribution >= 0.6 is 47.8 Å². The number of piperazine rings is 1. The van der Waals surface area contributed by atoms with Crippen molar-refractivity contribution >= 4 is 47.8 Å². The second-order valence-electron chi connectivity index (χ2n) is 5.24. The van der Waals surface area contributed by atoms with Gasteiger partial charge in [0.05, 0.1) is 5.69 Å². The molecule has 1 saturated heterocycles. The van der Waals surface area contributed by atoms with Crippen molar-refractivity contribution in [3.05, 3.63) is 40.4 Å². The highest BCUT2D eigenvalue weighted by Gasteiger charge is 2.16. The molecule has 1 N–H and O–H groups in total. The highest BCUT2D eigenvalue weighted by molar-refractivity contribution is 7.13. The van der Waals surface area contributed by atoms with Crippen LogP contribution in [0.15, 0.2) is 29.6 Å². The number of hydrogen-bond donors (Lipinski definition) is 1. The summed E-state index contributed by atoms with van der Waals surface area (Å²) in [6, 6.07) is 8.44.